The van der Waals surface area contributed by atoms with Gasteiger partial charge in [-0.3, -0.25) is 14.6 Å². The molecule has 192 valence electrons. The van der Waals surface area contributed by atoms with Crippen LogP contribution in [0.4, 0.5) is 5.82 Å². The number of rotatable bonds is 7. The fourth-order valence-electron chi connectivity index (χ4n) is 4.69. The number of anilines is 1. The first-order valence-electron chi connectivity index (χ1n) is 12.5. The van der Waals surface area contributed by atoms with Crippen LogP contribution in [0.2, 0.25) is 0 Å². The molecule has 0 radical (unpaired) electrons. The van der Waals surface area contributed by atoms with Gasteiger partial charge >= 0.3 is 0 Å². The van der Waals surface area contributed by atoms with Gasteiger partial charge in [-0.2, -0.15) is 10.4 Å². The molecule has 5 rings (SSSR count). The Labute approximate surface area is 227 Å². The fourth-order valence-corrected chi connectivity index (χ4v) is 5.18. The van der Waals surface area contributed by atoms with Gasteiger partial charge < -0.3 is 10.6 Å². The summed E-state index contributed by atoms with van der Waals surface area (Å²) in [6.45, 7) is 4.79. The molecule has 3 aromatic heterocycles. The molecule has 38 heavy (non-hydrogen) atoms. The minimum absolute atomic E-state index is 0.320. The lowest BCUT2D eigenvalue weighted by Crippen LogP contribution is -2.46. The molecular formula is C29H30N8S. The summed E-state index contributed by atoms with van der Waals surface area (Å²) in [6.07, 6.45) is 10.7. The van der Waals surface area contributed by atoms with E-state index in [1.165, 1.54) is 16.7 Å². The predicted octanol–water partition coefficient (Wildman–Crippen LogP) is 4.41. The minimum Gasteiger partial charge on any atom is -0.403 e. The van der Waals surface area contributed by atoms with E-state index >= 15 is 0 Å². The van der Waals surface area contributed by atoms with E-state index < -0.39 is 0 Å². The highest BCUT2D eigenvalue weighted by molar-refractivity contribution is 7.98. The van der Waals surface area contributed by atoms with Gasteiger partial charge in [0.1, 0.15) is 11.9 Å². The van der Waals surface area contributed by atoms with Gasteiger partial charge in [0, 0.05) is 91.7 Å². The van der Waals surface area contributed by atoms with Gasteiger partial charge in [-0.25, -0.2) is 4.98 Å². The Bertz CT molecular complexity index is 1480. The molecular weight excluding hydrogens is 492 g/mol. The summed E-state index contributed by atoms with van der Waals surface area (Å²) in [5, 5.41) is 13.9. The summed E-state index contributed by atoms with van der Waals surface area (Å²) in [5.41, 5.74) is 11.5. The first kappa shape index (κ1) is 25.5. The first-order valence-corrected chi connectivity index (χ1v) is 13.7. The number of thioether (sulfide) groups is 1. The fraction of sp³-hybridized carbons (Fsp3) is 0.241. The van der Waals surface area contributed by atoms with Crippen molar-refractivity contribution in [3.63, 3.8) is 0 Å². The van der Waals surface area contributed by atoms with E-state index in [1.807, 2.05) is 37.6 Å². The SMILES string of the molecule is CSc1cccc(CN2CCN(c3ccc(-c4cc(-c5cnn(C)c5)cnc4C(C#N)=CN)cn3)CC2)c1. The third-order valence-electron chi connectivity index (χ3n) is 6.76. The van der Waals surface area contributed by atoms with Crippen LogP contribution in [0.25, 0.3) is 27.8 Å². The third kappa shape index (κ3) is 5.57. The number of aryl methyl sites for hydroxylation is 1. The number of piperazine rings is 1. The molecule has 4 heterocycles. The van der Waals surface area contributed by atoms with Crippen LogP contribution in [-0.2, 0) is 13.6 Å². The average Bonchev–Trinajstić information content (AvgIpc) is 3.41. The quantitative estimate of drug-likeness (QED) is 0.281. The van der Waals surface area contributed by atoms with Crippen molar-refractivity contribution >= 4 is 23.2 Å². The van der Waals surface area contributed by atoms with E-state index in [9.17, 15) is 5.26 Å². The smallest absolute Gasteiger partial charge is 0.128 e. The maximum absolute atomic E-state index is 9.62. The van der Waals surface area contributed by atoms with E-state index in [-0.39, 0.29) is 0 Å². The number of aromatic nitrogens is 4. The normalized spacial score (nSPS) is 14.4. The van der Waals surface area contributed by atoms with Crippen molar-refractivity contribution in [3.8, 4) is 28.3 Å². The number of hydrogen-bond acceptors (Lipinski definition) is 8. The summed E-state index contributed by atoms with van der Waals surface area (Å²) in [4.78, 5) is 15.5. The van der Waals surface area contributed by atoms with Crippen LogP contribution in [0.5, 0.6) is 0 Å². The van der Waals surface area contributed by atoms with Crippen molar-refractivity contribution < 1.29 is 0 Å². The van der Waals surface area contributed by atoms with Crippen molar-refractivity contribution in [1.29, 1.82) is 5.26 Å². The van der Waals surface area contributed by atoms with Gasteiger partial charge in [-0.1, -0.05) is 12.1 Å². The summed E-state index contributed by atoms with van der Waals surface area (Å²) < 4.78 is 1.75. The Morgan fingerprint density at radius 2 is 1.84 bits per heavy atom. The van der Waals surface area contributed by atoms with Gasteiger partial charge in [0.05, 0.1) is 17.5 Å². The summed E-state index contributed by atoms with van der Waals surface area (Å²) in [7, 11) is 1.88. The Balaban J connectivity index is 1.33. The van der Waals surface area contributed by atoms with Crippen molar-refractivity contribution in [2.75, 3.05) is 37.3 Å². The number of allylic oxidation sites excluding steroid dienone is 1. The topological polar surface area (TPSA) is 99.9 Å². The summed E-state index contributed by atoms with van der Waals surface area (Å²) >= 11 is 1.78. The second-order valence-electron chi connectivity index (χ2n) is 9.23. The maximum Gasteiger partial charge on any atom is 0.128 e. The molecule has 0 aliphatic carbocycles. The number of nitriles is 1. The number of pyridine rings is 2. The number of benzene rings is 1. The third-order valence-corrected chi connectivity index (χ3v) is 7.49. The van der Waals surface area contributed by atoms with Gasteiger partial charge in [-0.15, -0.1) is 11.8 Å². The lowest BCUT2D eigenvalue weighted by molar-refractivity contribution is 0.249. The van der Waals surface area contributed by atoms with E-state index in [0.717, 1.165) is 60.8 Å². The molecule has 0 amide bonds. The van der Waals surface area contributed by atoms with Crippen LogP contribution >= 0.6 is 11.8 Å². The monoisotopic (exact) mass is 522 g/mol. The minimum atomic E-state index is 0.320. The molecule has 9 heteroatoms. The van der Waals surface area contributed by atoms with E-state index in [4.69, 9.17) is 10.7 Å². The second-order valence-corrected chi connectivity index (χ2v) is 10.1. The lowest BCUT2D eigenvalue weighted by atomic mass is 9.98. The first-order chi connectivity index (χ1) is 18.6. The van der Waals surface area contributed by atoms with Crippen LogP contribution in [0.1, 0.15) is 11.3 Å². The van der Waals surface area contributed by atoms with E-state index in [2.05, 4.69) is 56.5 Å². The molecule has 8 nitrogen and oxygen atoms in total. The molecule has 1 aromatic carbocycles. The van der Waals surface area contributed by atoms with Crippen LogP contribution < -0.4 is 10.6 Å². The molecule has 1 aliphatic heterocycles. The molecule has 1 fully saturated rings. The Kier molecular flexibility index (Phi) is 7.73. The molecule has 0 atom stereocenters. The number of nitrogens with zero attached hydrogens (tertiary/aromatic N) is 7. The van der Waals surface area contributed by atoms with Crippen molar-refractivity contribution in [1.82, 2.24) is 24.6 Å². The van der Waals surface area contributed by atoms with Crippen LogP contribution in [0, 0.1) is 11.3 Å². The van der Waals surface area contributed by atoms with Crippen LogP contribution in [0.3, 0.4) is 0 Å². The molecule has 0 bridgehead atoms. The predicted molar refractivity (Wildman–Crippen MR) is 153 cm³/mol. The highest BCUT2D eigenvalue weighted by Crippen LogP contribution is 2.32. The van der Waals surface area contributed by atoms with Crippen molar-refractivity contribution in [2.24, 2.45) is 12.8 Å². The standard InChI is InChI=1S/C29H30N8S/c1-35-20-25(18-34-35)23-13-27(29(33-17-23)24(14-30)15-31)22-6-7-28(32-16-22)37-10-8-36(9-11-37)19-21-4-3-5-26(12-21)38-2/h3-7,12-14,16-18,20H,8-11,19,30H2,1-2H3. The highest BCUT2D eigenvalue weighted by atomic mass is 32.2. The summed E-state index contributed by atoms with van der Waals surface area (Å²) in [5.74, 6) is 0.950. The number of nitrogens with two attached hydrogens (primary N) is 1. The molecule has 4 aromatic rings. The molecule has 1 aliphatic rings. The lowest BCUT2D eigenvalue weighted by Gasteiger charge is -2.35. The zero-order valence-corrected chi connectivity index (χ0v) is 22.4. The zero-order valence-electron chi connectivity index (χ0n) is 21.6. The van der Waals surface area contributed by atoms with Crippen LogP contribution in [0.15, 0.2) is 78.3 Å². The van der Waals surface area contributed by atoms with E-state index in [1.54, 1.807) is 28.8 Å². The van der Waals surface area contributed by atoms with Crippen LogP contribution in [-0.4, -0.2) is 57.1 Å². The molecule has 0 unspecified atom stereocenters. The molecule has 2 N–H and O–H groups in total. The summed E-state index contributed by atoms with van der Waals surface area (Å²) in [6, 6.07) is 17.0. The van der Waals surface area contributed by atoms with Crippen molar-refractivity contribution in [2.45, 2.75) is 11.4 Å². The average molecular weight is 523 g/mol. The van der Waals surface area contributed by atoms with E-state index in [0.29, 0.717) is 11.3 Å². The van der Waals surface area contributed by atoms with Gasteiger partial charge in [0.25, 0.3) is 0 Å². The number of hydrogen-bond donors (Lipinski definition) is 1. The zero-order chi connectivity index (χ0) is 26.5. The Morgan fingerprint density at radius 3 is 2.50 bits per heavy atom. The Hall–Kier alpha value is -4.13. The van der Waals surface area contributed by atoms with Crippen molar-refractivity contribution in [3.05, 3.63) is 84.7 Å². The van der Waals surface area contributed by atoms with Gasteiger partial charge in [0.2, 0.25) is 0 Å². The molecule has 0 saturated carbocycles. The maximum atomic E-state index is 9.62. The highest BCUT2D eigenvalue weighted by Gasteiger charge is 2.19. The van der Waals surface area contributed by atoms with Gasteiger partial charge in [0.15, 0.2) is 0 Å². The van der Waals surface area contributed by atoms with Gasteiger partial charge in [-0.05, 0) is 42.2 Å². The molecule has 1 saturated heterocycles. The Morgan fingerprint density at radius 1 is 1.03 bits per heavy atom. The molecule has 0 spiro atoms. The largest absolute Gasteiger partial charge is 0.403 e. The second kappa shape index (κ2) is 11.5.